The Balaban J connectivity index is 1.75. The Kier molecular flexibility index (Phi) is 5.24. The molecular weight excluding hydrogens is 435 g/mol. The Labute approximate surface area is 194 Å². The number of carbonyl (C=O) groups is 2. The number of aromatic nitrogens is 2. The fourth-order valence-corrected chi connectivity index (χ4v) is 4.64. The highest BCUT2D eigenvalue weighted by Crippen LogP contribution is 2.40. The van der Waals surface area contributed by atoms with Gasteiger partial charge in [0, 0.05) is 24.2 Å². The summed E-state index contributed by atoms with van der Waals surface area (Å²) in [5.74, 6) is -3.70. The van der Waals surface area contributed by atoms with Crippen molar-refractivity contribution in [1.29, 1.82) is 0 Å². The van der Waals surface area contributed by atoms with Crippen molar-refractivity contribution in [2.45, 2.75) is 12.8 Å². The maximum absolute atomic E-state index is 13.8. The summed E-state index contributed by atoms with van der Waals surface area (Å²) in [6, 6.07) is 21.1. The first-order valence-corrected chi connectivity index (χ1v) is 10.8. The number of carbonyl (C=O) groups excluding carboxylic acids is 2. The number of halogens is 1. The number of ether oxygens (including phenoxy) is 1. The molecule has 7 heteroatoms. The summed E-state index contributed by atoms with van der Waals surface area (Å²) < 4.78 is 22.5. The molecule has 3 aromatic carbocycles. The van der Waals surface area contributed by atoms with E-state index >= 15 is 0 Å². The molecule has 0 fully saturated rings. The highest BCUT2D eigenvalue weighted by molar-refractivity contribution is 6.14. The highest BCUT2D eigenvalue weighted by atomic mass is 19.1. The molecule has 1 aliphatic heterocycles. The number of fused-ring (bicyclic) bond motifs is 1. The zero-order valence-corrected chi connectivity index (χ0v) is 18.6. The summed E-state index contributed by atoms with van der Waals surface area (Å²) in [4.78, 5) is 40.5. The van der Waals surface area contributed by atoms with Gasteiger partial charge in [0.2, 0.25) is 0 Å². The van der Waals surface area contributed by atoms with E-state index in [1.807, 2.05) is 18.2 Å². The topological polar surface area (TPSA) is 70.3 Å². The van der Waals surface area contributed by atoms with Gasteiger partial charge in [-0.25, -0.2) is 9.07 Å². The Bertz CT molecular complexity index is 1470. The van der Waals surface area contributed by atoms with Crippen LogP contribution in [0.3, 0.4) is 0 Å². The van der Waals surface area contributed by atoms with Gasteiger partial charge in [0.15, 0.2) is 5.78 Å². The molecule has 0 saturated heterocycles. The van der Waals surface area contributed by atoms with E-state index in [0.717, 1.165) is 0 Å². The summed E-state index contributed by atoms with van der Waals surface area (Å²) in [5, 5.41) is 0. The molecule has 4 aromatic rings. The Morgan fingerprint density at radius 3 is 2.24 bits per heavy atom. The van der Waals surface area contributed by atoms with Crippen molar-refractivity contribution >= 4 is 11.8 Å². The first-order valence-electron chi connectivity index (χ1n) is 10.8. The molecule has 34 heavy (non-hydrogen) atoms. The van der Waals surface area contributed by atoms with Gasteiger partial charge in [-0.3, -0.25) is 19.1 Å². The normalized spacial score (nSPS) is 16.1. The SMILES string of the molecule is Cc1c(C(c2ccc(F)cc2)C2C(=O)Oc3ccccc3C2=O)c(=O)n(-c2ccccc2)n1C. The summed E-state index contributed by atoms with van der Waals surface area (Å²) in [7, 11) is 1.74. The van der Waals surface area contributed by atoms with Gasteiger partial charge in [-0.1, -0.05) is 42.5 Å². The van der Waals surface area contributed by atoms with Gasteiger partial charge < -0.3 is 4.74 Å². The van der Waals surface area contributed by atoms with Crippen molar-refractivity contribution in [1.82, 2.24) is 9.36 Å². The molecule has 170 valence electrons. The lowest BCUT2D eigenvalue weighted by Gasteiger charge is -2.28. The molecule has 0 radical (unpaired) electrons. The van der Waals surface area contributed by atoms with Crippen LogP contribution in [0.4, 0.5) is 4.39 Å². The summed E-state index contributed by atoms with van der Waals surface area (Å²) in [6.07, 6.45) is 0. The fourth-order valence-electron chi connectivity index (χ4n) is 4.64. The van der Waals surface area contributed by atoms with Crippen LogP contribution in [0.5, 0.6) is 5.75 Å². The predicted molar refractivity (Wildman–Crippen MR) is 124 cm³/mol. The van der Waals surface area contributed by atoms with E-state index < -0.39 is 29.4 Å². The lowest BCUT2D eigenvalue weighted by molar-refractivity contribution is -0.138. The first kappa shape index (κ1) is 21.6. The molecule has 0 amide bonds. The van der Waals surface area contributed by atoms with E-state index in [2.05, 4.69) is 0 Å². The number of hydrogen-bond donors (Lipinski definition) is 0. The van der Waals surface area contributed by atoms with Crippen molar-refractivity contribution < 1.29 is 18.7 Å². The quantitative estimate of drug-likeness (QED) is 0.263. The third-order valence-electron chi connectivity index (χ3n) is 6.37. The maximum Gasteiger partial charge on any atom is 0.323 e. The molecule has 0 N–H and O–H groups in total. The van der Waals surface area contributed by atoms with Crippen molar-refractivity contribution in [2.75, 3.05) is 0 Å². The highest BCUT2D eigenvalue weighted by Gasteiger charge is 2.45. The Morgan fingerprint density at radius 1 is 0.882 bits per heavy atom. The molecule has 2 atom stereocenters. The lowest BCUT2D eigenvalue weighted by Crippen LogP contribution is -2.39. The van der Waals surface area contributed by atoms with Gasteiger partial charge >= 0.3 is 5.97 Å². The molecule has 0 saturated carbocycles. The minimum atomic E-state index is -1.29. The molecule has 0 bridgehead atoms. The second kappa shape index (κ2) is 8.26. The van der Waals surface area contributed by atoms with Crippen molar-refractivity contribution in [2.24, 2.45) is 13.0 Å². The molecular formula is C27H21FN2O4. The van der Waals surface area contributed by atoms with Crippen LogP contribution in [-0.4, -0.2) is 21.1 Å². The number of hydrogen-bond acceptors (Lipinski definition) is 4. The van der Waals surface area contributed by atoms with E-state index in [4.69, 9.17) is 4.74 Å². The lowest BCUT2D eigenvalue weighted by atomic mass is 9.76. The molecule has 0 spiro atoms. The minimum absolute atomic E-state index is 0.193. The standard InChI is InChI=1S/C27H21FN2O4/c1-16-22(26(32)30(29(16)2)19-8-4-3-5-9-19)23(17-12-14-18(28)15-13-17)24-25(31)20-10-6-7-11-21(20)34-27(24)33/h3-15,23-24H,1-2H3. The van der Waals surface area contributed by atoms with Gasteiger partial charge in [-0.05, 0) is 48.9 Å². The second-order valence-electron chi connectivity index (χ2n) is 8.26. The monoisotopic (exact) mass is 456 g/mol. The van der Waals surface area contributed by atoms with Crippen molar-refractivity contribution in [3.05, 3.63) is 117 Å². The van der Waals surface area contributed by atoms with Crippen LogP contribution >= 0.6 is 0 Å². The van der Waals surface area contributed by atoms with E-state index in [1.54, 1.807) is 55.1 Å². The molecule has 1 aliphatic rings. The van der Waals surface area contributed by atoms with Crippen LogP contribution < -0.4 is 10.3 Å². The summed E-state index contributed by atoms with van der Waals surface area (Å²) in [5.41, 5.74) is 1.90. The zero-order valence-electron chi connectivity index (χ0n) is 18.6. The largest absolute Gasteiger partial charge is 0.425 e. The minimum Gasteiger partial charge on any atom is -0.425 e. The predicted octanol–water partition coefficient (Wildman–Crippen LogP) is 4.17. The molecule has 1 aromatic heterocycles. The van der Waals surface area contributed by atoms with E-state index in [1.165, 1.54) is 28.9 Å². The number of nitrogens with zero attached hydrogens (tertiary/aromatic N) is 2. The number of esters is 1. The average Bonchev–Trinajstić information content (AvgIpc) is 3.06. The summed E-state index contributed by atoms with van der Waals surface area (Å²) >= 11 is 0. The zero-order chi connectivity index (χ0) is 24.0. The van der Waals surface area contributed by atoms with Crippen molar-refractivity contribution in [3.8, 4) is 11.4 Å². The second-order valence-corrected chi connectivity index (χ2v) is 8.26. The Morgan fingerprint density at radius 2 is 1.53 bits per heavy atom. The van der Waals surface area contributed by atoms with Gasteiger partial charge in [0.1, 0.15) is 17.5 Å². The number of rotatable bonds is 4. The van der Waals surface area contributed by atoms with Gasteiger partial charge in [-0.15, -0.1) is 0 Å². The van der Waals surface area contributed by atoms with Crippen LogP contribution in [0.1, 0.15) is 33.1 Å². The first-order chi connectivity index (χ1) is 16.4. The van der Waals surface area contributed by atoms with Gasteiger partial charge in [-0.2, -0.15) is 0 Å². The maximum atomic E-state index is 13.8. The van der Waals surface area contributed by atoms with Gasteiger partial charge in [0.05, 0.1) is 11.3 Å². The van der Waals surface area contributed by atoms with Crippen molar-refractivity contribution in [3.63, 3.8) is 0 Å². The van der Waals surface area contributed by atoms with Crippen LogP contribution in [0.25, 0.3) is 5.69 Å². The fraction of sp³-hybridized carbons (Fsp3) is 0.148. The van der Waals surface area contributed by atoms with Gasteiger partial charge in [0.25, 0.3) is 5.56 Å². The number of Topliss-reactive ketones (excluding diaryl/α,β-unsaturated/α-hetero) is 1. The average molecular weight is 456 g/mol. The molecule has 6 nitrogen and oxygen atoms in total. The van der Waals surface area contributed by atoms with Crippen LogP contribution in [0.15, 0.2) is 83.7 Å². The van der Waals surface area contributed by atoms with Crippen LogP contribution in [-0.2, 0) is 11.8 Å². The molecule has 0 aliphatic carbocycles. The number of para-hydroxylation sites is 2. The molecule has 5 rings (SSSR count). The van der Waals surface area contributed by atoms with E-state index in [0.29, 0.717) is 16.9 Å². The third kappa shape index (κ3) is 3.37. The summed E-state index contributed by atoms with van der Waals surface area (Å²) in [6.45, 7) is 1.76. The number of ketones is 1. The van der Waals surface area contributed by atoms with Crippen LogP contribution in [0, 0.1) is 18.7 Å². The number of benzene rings is 3. The molecule has 2 unspecified atom stereocenters. The van der Waals surface area contributed by atoms with Crippen LogP contribution in [0.2, 0.25) is 0 Å². The third-order valence-corrected chi connectivity index (χ3v) is 6.37. The smallest absolute Gasteiger partial charge is 0.323 e. The van der Waals surface area contributed by atoms with E-state index in [-0.39, 0.29) is 22.4 Å². The molecule has 2 heterocycles. The van der Waals surface area contributed by atoms with E-state index in [9.17, 15) is 18.8 Å². The Hall–Kier alpha value is -4.26.